The molecule has 0 amide bonds. The summed E-state index contributed by atoms with van der Waals surface area (Å²) in [5.41, 5.74) is -1.13. The monoisotopic (exact) mass is 388 g/mol. The van der Waals surface area contributed by atoms with E-state index in [2.05, 4.69) is 30.4 Å². The van der Waals surface area contributed by atoms with Crippen molar-refractivity contribution in [3.05, 3.63) is 35.8 Å². The third kappa shape index (κ3) is 5.34. The number of nitrogens with zero attached hydrogens (tertiary/aromatic N) is 4. The predicted octanol–water partition coefficient (Wildman–Crippen LogP) is 1.99. The molecule has 0 fully saturated rings. The van der Waals surface area contributed by atoms with E-state index in [4.69, 9.17) is 4.42 Å². The number of aliphatic hydroxyl groups is 1. The molecule has 1 aliphatic heterocycles. The molecular weight excluding hydrogens is 356 g/mol. The lowest BCUT2D eigenvalue weighted by Gasteiger charge is -2.19. The Labute approximate surface area is 166 Å². The van der Waals surface area contributed by atoms with E-state index in [0.717, 1.165) is 50.5 Å². The molecule has 1 unspecified atom stereocenters. The van der Waals surface area contributed by atoms with Gasteiger partial charge in [-0.3, -0.25) is 0 Å². The van der Waals surface area contributed by atoms with Crippen molar-refractivity contribution in [3.63, 3.8) is 0 Å². The second-order valence-electron chi connectivity index (χ2n) is 7.47. The molecule has 1 atom stereocenters. The minimum Gasteiger partial charge on any atom is -0.466 e. The van der Waals surface area contributed by atoms with Crippen molar-refractivity contribution in [1.82, 2.24) is 25.4 Å². The summed E-state index contributed by atoms with van der Waals surface area (Å²) in [5.74, 6) is 3.42. The maximum atomic E-state index is 10.5. The predicted molar refractivity (Wildman–Crippen MR) is 108 cm³/mol. The third-order valence-electron chi connectivity index (χ3n) is 5.00. The summed E-state index contributed by atoms with van der Waals surface area (Å²) in [4.78, 5) is 4.51. The average Bonchev–Trinajstić information content (AvgIpc) is 3.29. The summed E-state index contributed by atoms with van der Waals surface area (Å²) < 4.78 is 7.61. The van der Waals surface area contributed by atoms with Crippen molar-refractivity contribution < 1.29 is 9.52 Å². The molecule has 1 aliphatic rings. The maximum Gasteiger partial charge on any atom is 0.191 e. The van der Waals surface area contributed by atoms with E-state index >= 15 is 0 Å². The highest BCUT2D eigenvalue weighted by atomic mass is 16.4. The average molecular weight is 389 g/mol. The molecule has 0 aliphatic carbocycles. The second-order valence-corrected chi connectivity index (χ2v) is 7.47. The summed E-state index contributed by atoms with van der Waals surface area (Å²) >= 11 is 0. The first-order valence-electron chi connectivity index (χ1n) is 10.3. The van der Waals surface area contributed by atoms with Crippen LogP contribution in [0.2, 0.25) is 0 Å². The van der Waals surface area contributed by atoms with Gasteiger partial charge in [0.15, 0.2) is 5.96 Å². The summed E-state index contributed by atoms with van der Waals surface area (Å²) in [6.07, 6.45) is 8.13. The summed E-state index contributed by atoms with van der Waals surface area (Å²) in [5, 5.41) is 25.8. The molecule has 154 valence electrons. The van der Waals surface area contributed by atoms with E-state index in [1.54, 1.807) is 25.3 Å². The Morgan fingerprint density at radius 1 is 1.32 bits per heavy atom. The van der Waals surface area contributed by atoms with E-state index in [1.165, 1.54) is 19.3 Å². The Balaban J connectivity index is 1.49. The Morgan fingerprint density at radius 2 is 2.21 bits per heavy atom. The number of furan rings is 1. The highest BCUT2D eigenvalue weighted by molar-refractivity contribution is 5.79. The molecule has 8 nitrogen and oxygen atoms in total. The molecule has 28 heavy (non-hydrogen) atoms. The molecule has 3 heterocycles. The molecule has 0 bridgehead atoms. The van der Waals surface area contributed by atoms with Gasteiger partial charge in [0.2, 0.25) is 0 Å². The van der Waals surface area contributed by atoms with E-state index in [-0.39, 0.29) is 6.54 Å². The number of aryl methyl sites for hydroxylation is 2. The van der Waals surface area contributed by atoms with Crippen LogP contribution in [0.4, 0.5) is 0 Å². The van der Waals surface area contributed by atoms with Gasteiger partial charge in [-0.1, -0.05) is 6.42 Å². The van der Waals surface area contributed by atoms with Crippen molar-refractivity contribution >= 4 is 5.96 Å². The number of nitrogens with one attached hydrogen (secondary N) is 2. The number of rotatable bonds is 8. The van der Waals surface area contributed by atoms with Gasteiger partial charge >= 0.3 is 0 Å². The molecular formula is C20H32N6O2. The van der Waals surface area contributed by atoms with Gasteiger partial charge in [0.05, 0.1) is 12.8 Å². The lowest BCUT2D eigenvalue weighted by atomic mass is 10.0. The summed E-state index contributed by atoms with van der Waals surface area (Å²) in [6.45, 7) is 6.51. The van der Waals surface area contributed by atoms with E-state index < -0.39 is 5.60 Å². The zero-order valence-electron chi connectivity index (χ0n) is 16.9. The number of aromatic nitrogens is 3. The van der Waals surface area contributed by atoms with Gasteiger partial charge in [0, 0.05) is 32.5 Å². The number of hydrogen-bond donors (Lipinski definition) is 3. The summed E-state index contributed by atoms with van der Waals surface area (Å²) in [7, 11) is 0. The Morgan fingerprint density at radius 3 is 3.00 bits per heavy atom. The summed E-state index contributed by atoms with van der Waals surface area (Å²) in [6, 6.07) is 3.53. The van der Waals surface area contributed by atoms with Gasteiger partial charge in [0.25, 0.3) is 0 Å². The normalized spacial score (nSPS) is 16.9. The highest BCUT2D eigenvalue weighted by Crippen LogP contribution is 2.21. The topological polar surface area (TPSA) is 100 Å². The molecule has 3 N–H and O–H groups in total. The van der Waals surface area contributed by atoms with Crippen LogP contribution in [0.5, 0.6) is 0 Å². The van der Waals surface area contributed by atoms with Crippen molar-refractivity contribution in [1.29, 1.82) is 0 Å². The van der Waals surface area contributed by atoms with Gasteiger partial charge in [0.1, 0.15) is 23.0 Å². The minimum atomic E-state index is -1.13. The number of fused-ring (bicyclic) bond motifs is 1. The molecule has 3 rings (SSSR count). The molecule has 0 radical (unpaired) electrons. The maximum absolute atomic E-state index is 10.5. The van der Waals surface area contributed by atoms with Crippen LogP contribution in [0.1, 0.15) is 56.9 Å². The van der Waals surface area contributed by atoms with Gasteiger partial charge in [-0.15, -0.1) is 10.2 Å². The molecule has 0 saturated heterocycles. The highest BCUT2D eigenvalue weighted by Gasteiger charge is 2.26. The Bertz CT molecular complexity index is 751. The Kier molecular flexibility index (Phi) is 7.08. The van der Waals surface area contributed by atoms with Crippen molar-refractivity contribution in [2.24, 2.45) is 4.99 Å². The largest absolute Gasteiger partial charge is 0.466 e. The zero-order valence-corrected chi connectivity index (χ0v) is 16.9. The van der Waals surface area contributed by atoms with Gasteiger partial charge < -0.3 is 24.7 Å². The van der Waals surface area contributed by atoms with Gasteiger partial charge in [-0.2, -0.15) is 0 Å². The van der Waals surface area contributed by atoms with E-state index in [9.17, 15) is 5.11 Å². The smallest absolute Gasteiger partial charge is 0.191 e. The molecule has 2 aromatic rings. The standard InChI is InChI=1S/C20H32N6O2/c1-3-21-19(23-15-20(2,27)16-9-8-14-28-16)22-12-7-11-18-25-24-17-10-5-4-6-13-26(17)18/h8-9,14,27H,3-7,10-13,15H2,1-2H3,(H2,21,22,23). The van der Waals surface area contributed by atoms with Crippen LogP contribution in [0.25, 0.3) is 0 Å². The van der Waals surface area contributed by atoms with Crippen LogP contribution < -0.4 is 10.6 Å². The fourth-order valence-electron chi connectivity index (χ4n) is 3.42. The van der Waals surface area contributed by atoms with Crippen LogP contribution in [-0.4, -0.2) is 45.5 Å². The molecule has 0 aromatic carbocycles. The first-order valence-corrected chi connectivity index (χ1v) is 10.3. The molecule has 8 heteroatoms. The van der Waals surface area contributed by atoms with Gasteiger partial charge in [-0.25, -0.2) is 4.99 Å². The Hall–Kier alpha value is -2.35. The SMILES string of the molecule is CCNC(=NCC(C)(O)c1ccco1)NCCCc1nnc2n1CCCCC2. The van der Waals surface area contributed by atoms with Gasteiger partial charge in [-0.05, 0) is 45.2 Å². The van der Waals surface area contributed by atoms with Crippen LogP contribution in [0.15, 0.2) is 27.8 Å². The lowest BCUT2D eigenvalue weighted by Crippen LogP contribution is -2.39. The molecule has 2 aromatic heterocycles. The van der Waals surface area contributed by atoms with Crippen LogP contribution in [0.3, 0.4) is 0 Å². The molecule has 0 spiro atoms. The van der Waals surface area contributed by atoms with E-state index in [0.29, 0.717) is 11.7 Å². The number of guanidine groups is 1. The fourth-order valence-corrected chi connectivity index (χ4v) is 3.42. The van der Waals surface area contributed by atoms with Crippen LogP contribution in [-0.2, 0) is 25.0 Å². The minimum absolute atomic E-state index is 0.216. The van der Waals surface area contributed by atoms with Crippen LogP contribution in [0, 0.1) is 0 Å². The number of hydrogen-bond acceptors (Lipinski definition) is 5. The van der Waals surface area contributed by atoms with Crippen molar-refractivity contribution in [2.45, 2.75) is 64.5 Å². The van der Waals surface area contributed by atoms with Crippen LogP contribution >= 0.6 is 0 Å². The van der Waals surface area contributed by atoms with Crippen molar-refractivity contribution in [2.75, 3.05) is 19.6 Å². The first-order chi connectivity index (χ1) is 13.6. The first kappa shape index (κ1) is 20.4. The second kappa shape index (κ2) is 9.73. The van der Waals surface area contributed by atoms with E-state index in [1.807, 2.05) is 6.92 Å². The molecule has 0 saturated carbocycles. The quantitative estimate of drug-likeness (QED) is 0.363. The zero-order chi connectivity index (χ0) is 19.8. The van der Waals surface area contributed by atoms with Crippen molar-refractivity contribution in [3.8, 4) is 0 Å². The fraction of sp³-hybridized carbons (Fsp3) is 0.650. The third-order valence-corrected chi connectivity index (χ3v) is 5.00. The number of aliphatic imine (C=N–C) groups is 1. The lowest BCUT2D eigenvalue weighted by molar-refractivity contribution is 0.0437.